The lowest BCUT2D eigenvalue weighted by Gasteiger charge is -2.17. The fraction of sp³-hybridized carbons (Fsp3) is 0.412. The van der Waals surface area contributed by atoms with Gasteiger partial charge in [-0.2, -0.15) is 0 Å². The highest BCUT2D eigenvalue weighted by Gasteiger charge is 2.09. The molecule has 0 spiro atoms. The Morgan fingerprint density at radius 3 is 2.65 bits per heavy atom. The van der Waals surface area contributed by atoms with Crippen LogP contribution in [-0.2, 0) is 11.3 Å². The molecule has 108 valence electrons. The lowest BCUT2D eigenvalue weighted by atomic mass is 10.0. The molecule has 0 unspecified atom stereocenters. The molecule has 1 N–H and O–H groups in total. The molecular weight excluding hydrogens is 250 g/mol. The average Bonchev–Trinajstić information content (AvgIpc) is 2.44. The Morgan fingerprint density at radius 2 is 1.90 bits per heavy atom. The maximum absolute atomic E-state index is 5.94. The van der Waals surface area contributed by atoms with E-state index in [1.165, 1.54) is 16.3 Å². The molecule has 20 heavy (non-hydrogen) atoms. The van der Waals surface area contributed by atoms with Crippen LogP contribution in [0.15, 0.2) is 36.4 Å². The van der Waals surface area contributed by atoms with Crippen molar-refractivity contribution in [1.29, 1.82) is 0 Å². The Balaban J connectivity index is 2.29. The molecule has 0 aliphatic carbocycles. The second-order valence-corrected chi connectivity index (χ2v) is 5.10. The summed E-state index contributed by atoms with van der Waals surface area (Å²) in [6.45, 7) is 6.44. The van der Waals surface area contributed by atoms with E-state index in [0.29, 0.717) is 6.61 Å². The predicted octanol–water partition coefficient (Wildman–Crippen LogP) is 3.36. The van der Waals surface area contributed by atoms with Gasteiger partial charge in [-0.05, 0) is 30.7 Å². The molecule has 3 heteroatoms. The minimum absolute atomic E-state index is 0.175. The summed E-state index contributed by atoms with van der Waals surface area (Å²) >= 11 is 0. The molecule has 0 aliphatic heterocycles. The summed E-state index contributed by atoms with van der Waals surface area (Å²) in [5, 5.41) is 5.89. The summed E-state index contributed by atoms with van der Waals surface area (Å²) in [7, 11) is 1.72. The van der Waals surface area contributed by atoms with Gasteiger partial charge in [0, 0.05) is 25.8 Å². The summed E-state index contributed by atoms with van der Waals surface area (Å²) in [5.74, 6) is 0.962. The molecule has 3 nitrogen and oxygen atoms in total. The largest absolute Gasteiger partial charge is 0.491 e. The zero-order chi connectivity index (χ0) is 14.4. The minimum Gasteiger partial charge on any atom is -0.491 e. The van der Waals surface area contributed by atoms with Crippen molar-refractivity contribution in [2.24, 2.45) is 0 Å². The van der Waals surface area contributed by atoms with Crippen LogP contribution < -0.4 is 10.1 Å². The van der Waals surface area contributed by atoms with Gasteiger partial charge >= 0.3 is 0 Å². The second kappa shape index (κ2) is 7.27. The second-order valence-electron chi connectivity index (χ2n) is 5.10. The third-order valence-electron chi connectivity index (χ3n) is 3.15. The van der Waals surface area contributed by atoms with Crippen LogP contribution in [0.1, 0.15) is 19.4 Å². The van der Waals surface area contributed by atoms with Gasteiger partial charge in [0.25, 0.3) is 0 Å². The van der Waals surface area contributed by atoms with Gasteiger partial charge in [0.15, 0.2) is 0 Å². The van der Waals surface area contributed by atoms with Crippen LogP contribution in [0.3, 0.4) is 0 Å². The van der Waals surface area contributed by atoms with Crippen LogP contribution in [0, 0.1) is 0 Å². The molecule has 0 saturated carbocycles. The van der Waals surface area contributed by atoms with Gasteiger partial charge in [0.05, 0.1) is 12.7 Å². The number of hydrogen-bond donors (Lipinski definition) is 1. The molecule has 0 aliphatic rings. The van der Waals surface area contributed by atoms with Crippen molar-refractivity contribution in [3.63, 3.8) is 0 Å². The smallest absolute Gasteiger partial charge is 0.124 e. The number of fused-ring (bicyclic) bond motifs is 1. The fourth-order valence-corrected chi connectivity index (χ4v) is 2.25. The summed E-state index contributed by atoms with van der Waals surface area (Å²) in [4.78, 5) is 0. The Morgan fingerprint density at radius 1 is 1.10 bits per heavy atom. The third kappa shape index (κ3) is 3.71. The standard InChI is InChI=1S/C17H23NO2/c1-13(2)20-17-9-8-14-6-4-5-7-15(14)16(17)12-18-10-11-19-3/h4-9,13,18H,10-12H2,1-3H3. The molecule has 0 aromatic heterocycles. The minimum atomic E-state index is 0.175. The Bertz CT molecular complexity index is 552. The first-order valence-corrected chi connectivity index (χ1v) is 7.09. The molecule has 0 fully saturated rings. The third-order valence-corrected chi connectivity index (χ3v) is 3.15. The van der Waals surface area contributed by atoms with Gasteiger partial charge in [0.2, 0.25) is 0 Å². The lowest BCUT2D eigenvalue weighted by molar-refractivity contribution is 0.198. The highest BCUT2D eigenvalue weighted by molar-refractivity contribution is 5.87. The number of hydrogen-bond acceptors (Lipinski definition) is 3. The number of nitrogens with one attached hydrogen (secondary N) is 1. The van der Waals surface area contributed by atoms with Gasteiger partial charge in [-0.15, -0.1) is 0 Å². The van der Waals surface area contributed by atoms with Crippen LogP contribution in [-0.4, -0.2) is 26.4 Å². The summed E-state index contributed by atoms with van der Waals surface area (Å²) < 4.78 is 11.0. The molecule has 2 aromatic carbocycles. The molecule has 2 rings (SSSR count). The van der Waals surface area contributed by atoms with Crippen molar-refractivity contribution in [2.45, 2.75) is 26.5 Å². The highest BCUT2D eigenvalue weighted by Crippen LogP contribution is 2.28. The van der Waals surface area contributed by atoms with Crippen molar-refractivity contribution in [1.82, 2.24) is 5.32 Å². The van der Waals surface area contributed by atoms with E-state index in [2.05, 4.69) is 55.6 Å². The van der Waals surface area contributed by atoms with Gasteiger partial charge in [0.1, 0.15) is 5.75 Å². The number of methoxy groups -OCH3 is 1. The predicted molar refractivity (Wildman–Crippen MR) is 83.3 cm³/mol. The molecule has 2 aromatic rings. The van der Waals surface area contributed by atoms with E-state index in [-0.39, 0.29) is 6.10 Å². The number of benzene rings is 2. The van der Waals surface area contributed by atoms with Crippen LogP contribution in [0.25, 0.3) is 10.8 Å². The highest BCUT2D eigenvalue weighted by atomic mass is 16.5. The molecule has 0 heterocycles. The topological polar surface area (TPSA) is 30.5 Å². The summed E-state index contributed by atoms with van der Waals surface area (Å²) in [6.07, 6.45) is 0.175. The zero-order valence-electron chi connectivity index (χ0n) is 12.5. The average molecular weight is 273 g/mol. The molecule has 0 radical (unpaired) electrons. The van der Waals surface area contributed by atoms with E-state index < -0.39 is 0 Å². The SMILES string of the molecule is COCCNCc1c(OC(C)C)ccc2ccccc12. The Kier molecular flexibility index (Phi) is 5.39. The van der Waals surface area contributed by atoms with E-state index in [4.69, 9.17) is 9.47 Å². The van der Waals surface area contributed by atoms with Crippen LogP contribution in [0.4, 0.5) is 0 Å². The lowest BCUT2D eigenvalue weighted by Crippen LogP contribution is -2.19. The molecule has 0 atom stereocenters. The van der Waals surface area contributed by atoms with Crippen molar-refractivity contribution >= 4 is 10.8 Å². The molecule has 0 saturated heterocycles. The zero-order valence-corrected chi connectivity index (χ0v) is 12.5. The van der Waals surface area contributed by atoms with E-state index in [0.717, 1.165) is 18.8 Å². The summed E-state index contributed by atoms with van der Waals surface area (Å²) in [5.41, 5.74) is 1.22. The van der Waals surface area contributed by atoms with E-state index in [1.807, 2.05) is 0 Å². The van der Waals surface area contributed by atoms with Gasteiger partial charge in [-0.25, -0.2) is 0 Å². The number of rotatable bonds is 7. The molecular formula is C17H23NO2. The first kappa shape index (κ1) is 14.8. The first-order valence-electron chi connectivity index (χ1n) is 7.09. The summed E-state index contributed by atoms with van der Waals surface area (Å²) in [6, 6.07) is 12.6. The fourth-order valence-electron chi connectivity index (χ4n) is 2.25. The Hall–Kier alpha value is -1.58. The van der Waals surface area contributed by atoms with E-state index in [9.17, 15) is 0 Å². The first-order chi connectivity index (χ1) is 9.72. The van der Waals surface area contributed by atoms with Crippen molar-refractivity contribution in [2.75, 3.05) is 20.3 Å². The van der Waals surface area contributed by atoms with Crippen molar-refractivity contribution in [3.8, 4) is 5.75 Å². The van der Waals surface area contributed by atoms with Crippen molar-refractivity contribution in [3.05, 3.63) is 42.0 Å². The van der Waals surface area contributed by atoms with Crippen LogP contribution in [0.2, 0.25) is 0 Å². The molecule has 0 amide bonds. The van der Waals surface area contributed by atoms with Gasteiger partial charge in [-0.3, -0.25) is 0 Å². The quantitative estimate of drug-likeness (QED) is 0.785. The van der Waals surface area contributed by atoms with Crippen LogP contribution in [0.5, 0.6) is 5.75 Å². The number of ether oxygens (including phenoxy) is 2. The van der Waals surface area contributed by atoms with Gasteiger partial charge in [-0.1, -0.05) is 30.3 Å². The van der Waals surface area contributed by atoms with Gasteiger partial charge < -0.3 is 14.8 Å². The Labute approximate surface area is 120 Å². The van der Waals surface area contributed by atoms with Crippen molar-refractivity contribution < 1.29 is 9.47 Å². The maximum atomic E-state index is 5.94. The molecule has 0 bridgehead atoms. The normalized spacial score (nSPS) is 11.2. The van der Waals surface area contributed by atoms with E-state index in [1.54, 1.807) is 7.11 Å². The van der Waals surface area contributed by atoms with Crippen LogP contribution >= 0.6 is 0 Å². The van der Waals surface area contributed by atoms with E-state index >= 15 is 0 Å². The monoisotopic (exact) mass is 273 g/mol. The maximum Gasteiger partial charge on any atom is 0.124 e.